The number of hydrogen-bond acceptors (Lipinski definition) is 4. The maximum absolute atomic E-state index is 6.61. The smallest absolute Gasteiger partial charge is 0.164 e. The molecular formula is C53H37N3O. The molecule has 4 heteroatoms. The van der Waals surface area contributed by atoms with E-state index in [1.54, 1.807) is 0 Å². The van der Waals surface area contributed by atoms with E-state index in [1.807, 2.05) is 18.2 Å². The molecule has 0 N–H and O–H groups in total. The molecule has 11 rings (SSSR count). The van der Waals surface area contributed by atoms with Gasteiger partial charge in [-0.15, -0.1) is 0 Å². The minimum atomic E-state index is -0.552. The molecule has 0 radical (unpaired) electrons. The van der Waals surface area contributed by atoms with Crippen molar-refractivity contribution in [1.82, 2.24) is 15.0 Å². The second kappa shape index (κ2) is 12.7. The average Bonchev–Trinajstić information content (AvgIpc) is 3.28. The zero-order valence-corrected chi connectivity index (χ0v) is 31.6. The number of benzene rings is 8. The quantitative estimate of drug-likeness (QED) is 0.181. The molecule has 0 atom stereocenters. The van der Waals surface area contributed by atoms with Gasteiger partial charge in [0.25, 0.3) is 0 Å². The Kier molecular flexibility index (Phi) is 7.39. The van der Waals surface area contributed by atoms with Gasteiger partial charge in [0.1, 0.15) is 11.5 Å². The van der Waals surface area contributed by atoms with Crippen LogP contribution >= 0.6 is 0 Å². The first-order valence-corrected chi connectivity index (χ1v) is 19.5. The van der Waals surface area contributed by atoms with Gasteiger partial charge in [0, 0.05) is 33.2 Å². The molecule has 0 fully saturated rings. The Bertz CT molecular complexity index is 2990. The van der Waals surface area contributed by atoms with Gasteiger partial charge in [0.05, 0.1) is 5.41 Å². The Morgan fingerprint density at radius 3 is 1.67 bits per heavy atom. The SMILES string of the molecule is CC1(C)c2ccccc2C2(c3ccccc3Oc3ccccc32)c2ccc(-c3cccc(-c4nc(-c5ccccc5)nc(-c5cccc6ccccc56)n4)c3)cc21. The maximum atomic E-state index is 6.61. The fourth-order valence-corrected chi connectivity index (χ4v) is 9.39. The van der Waals surface area contributed by atoms with Gasteiger partial charge in [0.2, 0.25) is 0 Å². The third-order valence-corrected chi connectivity index (χ3v) is 12.1. The number of nitrogens with zero attached hydrogens (tertiary/aromatic N) is 3. The van der Waals surface area contributed by atoms with Gasteiger partial charge in [-0.2, -0.15) is 0 Å². The summed E-state index contributed by atoms with van der Waals surface area (Å²) >= 11 is 0. The number of para-hydroxylation sites is 2. The molecule has 270 valence electrons. The molecule has 1 aliphatic carbocycles. The normalized spacial score (nSPS) is 14.2. The summed E-state index contributed by atoms with van der Waals surface area (Å²) < 4.78 is 6.61. The van der Waals surface area contributed by atoms with E-state index in [4.69, 9.17) is 19.7 Å². The number of hydrogen-bond donors (Lipinski definition) is 0. The second-order valence-electron chi connectivity index (χ2n) is 15.6. The van der Waals surface area contributed by atoms with E-state index in [1.165, 1.54) is 22.3 Å². The van der Waals surface area contributed by atoms with Crippen LogP contribution in [-0.4, -0.2) is 15.0 Å². The van der Waals surface area contributed by atoms with Gasteiger partial charge in [-0.3, -0.25) is 0 Å². The second-order valence-corrected chi connectivity index (χ2v) is 15.6. The molecule has 0 saturated carbocycles. The van der Waals surface area contributed by atoms with Crippen molar-refractivity contribution >= 4 is 10.8 Å². The van der Waals surface area contributed by atoms with Crippen LogP contribution in [0.4, 0.5) is 0 Å². The fourth-order valence-electron chi connectivity index (χ4n) is 9.39. The highest BCUT2D eigenvalue weighted by Crippen LogP contribution is 2.61. The molecule has 1 aliphatic heterocycles. The Labute approximate surface area is 332 Å². The Morgan fingerprint density at radius 2 is 0.895 bits per heavy atom. The highest BCUT2D eigenvalue weighted by molar-refractivity contribution is 5.95. The number of aromatic nitrogens is 3. The lowest BCUT2D eigenvalue weighted by atomic mass is 9.53. The number of fused-ring (bicyclic) bond motifs is 9. The lowest BCUT2D eigenvalue weighted by molar-refractivity contribution is 0.425. The first-order chi connectivity index (χ1) is 28.0. The minimum absolute atomic E-state index is 0.279. The Balaban J connectivity index is 1.10. The van der Waals surface area contributed by atoms with Gasteiger partial charge < -0.3 is 4.74 Å². The minimum Gasteiger partial charge on any atom is -0.457 e. The van der Waals surface area contributed by atoms with Gasteiger partial charge >= 0.3 is 0 Å². The van der Waals surface area contributed by atoms with Gasteiger partial charge in [-0.05, 0) is 68.4 Å². The van der Waals surface area contributed by atoms with E-state index >= 15 is 0 Å². The van der Waals surface area contributed by atoms with Crippen LogP contribution < -0.4 is 4.74 Å². The van der Waals surface area contributed by atoms with Crippen molar-refractivity contribution in [2.45, 2.75) is 24.7 Å². The summed E-state index contributed by atoms with van der Waals surface area (Å²) in [4.78, 5) is 15.3. The average molecular weight is 732 g/mol. The molecule has 1 spiro atoms. The van der Waals surface area contributed by atoms with Gasteiger partial charge in [0.15, 0.2) is 17.5 Å². The van der Waals surface area contributed by atoms with Crippen molar-refractivity contribution in [3.63, 3.8) is 0 Å². The fraction of sp³-hybridized carbons (Fsp3) is 0.0755. The van der Waals surface area contributed by atoms with Crippen molar-refractivity contribution < 1.29 is 4.74 Å². The molecular weight excluding hydrogens is 695 g/mol. The summed E-state index contributed by atoms with van der Waals surface area (Å²) in [6, 6.07) is 66.6. The molecule has 8 aromatic carbocycles. The summed E-state index contributed by atoms with van der Waals surface area (Å²) in [5.74, 6) is 3.71. The summed E-state index contributed by atoms with van der Waals surface area (Å²) in [5.41, 5.74) is 11.8. The van der Waals surface area contributed by atoms with Crippen LogP contribution in [0.25, 0.3) is 56.1 Å². The van der Waals surface area contributed by atoms with Crippen molar-refractivity contribution in [2.24, 2.45) is 0 Å². The Hall–Kier alpha value is -7.17. The van der Waals surface area contributed by atoms with E-state index in [2.05, 4.69) is 184 Å². The van der Waals surface area contributed by atoms with Crippen molar-refractivity contribution in [1.29, 1.82) is 0 Å². The third kappa shape index (κ3) is 5.04. The van der Waals surface area contributed by atoms with Crippen LogP contribution in [0.15, 0.2) is 188 Å². The number of ether oxygens (including phenoxy) is 1. The van der Waals surface area contributed by atoms with Gasteiger partial charge in [-0.1, -0.05) is 178 Å². The topological polar surface area (TPSA) is 47.9 Å². The first kappa shape index (κ1) is 33.2. The zero-order valence-electron chi connectivity index (χ0n) is 31.6. The van der Waals surface area contributed by atoms with Crippen LogP contribution in [0.1, 0.15) is 47.2 Å². The van der Waals surface area contributed by atoms with Crippen LogP contribution in [0.5, 0.6) is 11.5 Å². The van der Waals surface area contributed by atoms with Crippen molar-refractivity contribution in [2.75, 3.05) is 0 Å². The molecule has 0 unspecified atom stereocenters. The molecule has 0 bridgehead atoms. The maximum Gasteiger partial charge on any atom is 0.164 e. The lowest BCUT2D eigenvalue weighted by Gasteiger charge is -2.50. The molecule has 1 aromatic heterocycles. The predicted molar refractivity (Wildman–Crippen MR) is 230 cm³/mol. The standard InChI is InChI=1S/C53H37N3O/c1-52(2)41-24-8-9-25-42(41)53(44-26-10-12-28-47(44)57-48-29-13-11-27-45(48)53)43-31-30-37(33-46(43)52)36-20-14-21-38(32-36)50-54-49(35-17-4-3-5-18-35)55-51(56-50)40-23-15-19-34-16-6-7-22-39(34)40/h3-33H,1-2H3. The molecule has 2 aliphatic rings. The molecule has 4 nitrogen and oxygen atoms in total. The number of rotatable bonds is 4. The summed E-state index contributed by atoms with van der Waals surface area (Å²) in [7, 11) is 0. The molecule has 2 heterocycles. The molecule has 0 amide bonds. The highest BCUT2D eigenvalue weighted by Gasteiger charge is 2.52. The third-order valence-electron chi connectivity index (χ3n) is 12.1. The molecule has 57 heavy (non-hydrogen) atoms. The lowest BCUT2D eigenvalue weighted by Crippen LogP contribution is -2.43. The summed E-state index contributed by atoms with van der Waals surface area (Å²) in [6.45, 7) is 4.72. The molecule has 9 aromatic rings. The highest BCUT2D eigenvalue weighted by atomic mass is 16.5. The zero-order chi connectivity index (χ0) is 38.1. The van der Waals surface area contributed by atoms with Crippen LogP contribution in [0.2, 0.25) is 0 Å². The molecule has 0 saturated heterocycles. The summed E-state index contributed by atoms with van der Waals surface area (Å²) in [6.07, 6.45) is 0. The van der Waals surface area contributed by atoms with E-state index in [0.717, 1.165) is 61.2 Å². The largest absolute Gasteiger partial charge is 0.457 e. The van der Waals surface area contributed by atoms with E-state index in [-0.39, 0.29) is 5.41 Å². The summed E-state index contributed by atoms with van der Waals surface area (Å²) in [5, 5.41) is 2.25. The van der Waals surface area contributed by atoms with Crippen LogP contribution in [-0.2, 0) is 10.8 Å². The Morgan fingerprint density at radius 1 is 0.368 bits per heavy atom. The van der Waals surface area contributed by atoms with Crippen molar-refractivity contribution in [3.05, 3.63) is 221 Å². The van der Waals surface area contributed by atoms with E-state index in [9.17, 15) is 0 Å². The monoisotopic (exact) mass is 731 g/mol. The van der Waals surface area contributed by atoms with Crippen molar-refractivity contribution in [3.8, 4) is 56.8 Å². The first-order valence-electron chi connectivity index (χ1n) is 19.5. The predicted octanol–water partition coefficient (Wildman–Crippen LogP) is 12.8. The van der Waals surface area contributed by atoms with E-state index < -0.39 is 5.41 Å². The van der Waals surface area contributed by atoms with Crippen LogP contribution in [0.3, 0.4) is 0 Å². The van der Waals surface area contributed by atoms with Gasteiger partial charge in [-0.25, -0.2) is 15.0 Å². The van der Waals surface area contributed by atoms with Crippen LogP contribution in [0, 0.1) is 0 Å². The van der Waals surface area contributed by atoms with E-state index in [0.29, 0.717) is 17.5 Å².